The van der Waals surface area contributed by atoms with Crippen molar-refractivity contribution in [2.75, 3.05) is 25.0 Å². The summed E-state index contributed by atoms with van der Waals surface area (Å²) in [5.41, 5.74) is 1.15. The first-order valence-electron chi connectivity index (χ1n) is 6.22. The van der Waals surface area contributed by atoms with Gasteiger partial charge >= 0.3 is 0 Å². The molecule has 1 fully saturated rings. The van der Waals surface area contributed by atoms with Gasteiger partial charge in [-0.05, 0) is 26.3 Å². The second kappa shape index (κ2) is 6.11. The fourth-order valence-electron chi connectivity index (χ4n) is 2.29. The fourth-order valence-corrected chi connectivity index (χ4v) is 2.82. The molecule has 1 saturated heterocycles. The summed E-state index contributed by atoms with van der Waals surface area (Å²) in [6.45, 7) is 8.73. The Hall–Kier alpha value is -1.20. The van der Waals surface area contributed by atoms with Crippen LogP contribution in [-0.4, -0.2) is 35.4 Å². The quantitative estimate of drug-likeness (QED) is 0.850. The van der Waals surface area contributed by atoms with Crippen molar-refractivity contribution in [3.8, 4) is 0 Å². The zero-order valence-corrected chi connectivity index (χ0v) is 11.5. The number of carbonyl (C=O) groups excluding carboxylic acids is 1. The Kier molecular flexibility index (Phi) is 4.49. The zero-order valence-electron chi connectivity index (χ0n) is 10.7. The van der Waals surface area contributed by atoms with Gasteiger partial charge in [-0.15, -0.1) is 11.3 Å². The Labute approximate surface area is 112 Å². The number of hydrogen-bond acceptors (Lipinski definition) is 4. The number of nitrogens with zero attached hydrogens (tertiary/aromatic N) is 2. The predicted octanol–water partition coefficient (Wildman–Crippen LogP) is 2.37. The molecule has 0 unspecified atom stereocenters. The van der Waals surface area contributed by atoms with Crippen LogP contribution in [-0.2, 0) is 4.79 Å². The topological polar surface area (TPSA) is 45.2 Å². The molecule has 5 heteroatoms. The molecule has 1 aromatic heterocycles. The lowest BCUT2D eigenvalue weighted by Crippen LogP contribution is -2.41. The van der Waals surface area contributed by atoms with Crippen molar-refractivity contribution in [1.29, 1.82) is 0 Å². The van der Waals surface area contributed by atoms with Gasteiger partial charge in [-0.2, -0.15) is 0 Å². The molecule has 0 spiro atoms. The number of amides is 1. The van der Waals surface area contributed by atoms with Gasteiger partial charge in [0.25, 0.3) is 0 Å². The second-order valence-electron chi connectivity index (χ2n) is 4.86. The lowest BCUT2D eigenvalue weighted by Gasteiger charge is -2.31. The standard InChI is InChI=1S/C13H19N3OS/c1-10(2)8-16-6-3-4-11(9-16)12(17)15-13-14-5-7-18-13/h5,7,11H,1,3-4,6,8-9H2,2H3,(H,14,15,17)/t11-/m0/s1. The average molecular weight is 265 g/mol. The van der Waals surface area contributed by atoms with Gasteiger partial charge in [0.05, 0.1) is 5.92 Å². The Bertz CT molecular complexity index is 416. The van der Waals surface area contributed by atoms with E-state index in [1.165, 1.54) is 11.3 Å². The minimum Gasteiger partial charge on any atom is -0.302 e. The lowest BCUT2D eigenvalue weighted by atomic mass is 9.97. The summed E-state index contributed by atoms with van der Waals surface area (Å²) in [6.07, 6.45) is 3.74. The summed E-state index contributed by atoms with van der Waals surface area (Å²) in [5, 5.41) is 5.44. The van der Waals surface area contributed by atoms with Crippen LogP contribution in [0.5, 0.6) is 0 Å². The average Bonchev–Trinajstić information content (AvgIpc) is 2.81. The fraction of sp³-hybridized carbons (Fsp3) is 0.538. The highest BCUT2D eigenvalue weighted by Gasteiger charge is 2.25. The molecule has 98 valence electrons. The monoisotopic (exact) mass is 265 g/mol. The molecule has 1 aromatic rings. The van der Waals surface area contributed by atoms with Crippen LogP contribution < -0.4 is 5.32 Å². The molecule has 4 nitrogen and oxygen atoms in total. The first kappa shape index (κ1) is 13.2. The van der Waals surface area contributed by atoms with E-state index in [1.54, 1.807) is 6.20 Å². The molecule has 1 aliphatic heterocycles. The summed E-state index contributed by atoms with van der Waals surface area (Å²) in [7, 11) is 0. The van der Waals surface area contributed by atoms with Crippen molar-refractivity contribution < 1.29 is 4.79 Å². The van der Waals surface area contributed by atoms with E-state index in [-0.39, 0.29) is 11.8 Å². The van der Waals surface area contributed by atoms with Crippen molar-refractivity contribution in [1.82, 2.24) is 9.88 Å². The van der Waals surface area contributed by atoms with Crippen LogP contribution in [0.1, 0.15) is 19.8 Å². The molecule has 0 radical (unpaired) electrons. The first-order valence-corrected chi connectivity index (χ1v) is 7.10. The van der Waals surface area contributed by atoms with Crippen molar-refractivity contribution in [3.05, 3.63) is 23.7 Å². The van der Waals surface area contributed by atoms with Crippen molar-refractivity contribution in [2.45, 2.75) is 19.8 Å². The maximum atomic E-state index is 12.1. The van der Waals surface area contributed by atoms with Gasteiger partial charge in [-0.3, -0.25) is 9.69 Å². The Morgan fingerprint density at radius 3 is 3.22 bits per heavy atom. The van der Waals surface area contributed by atoms with Gasteiger partial charge in [-0.25, -0.2) is 4.98 Å². The Morgan fingerprint density at radius 1 is 1.72 bits per heavy atom. The van der Waals surface area contributed by atoms with E-state index in [2.05, 4.69) is 21.8 Å². The molecule has 0 aliphatic carbocycles. The number of rotatable bonds is 4. The minimum absolute atomic E-state index is 0.0713. The number of thiazole rings is 1. The molecule has 1 amide bonds. The van der Waals surface area contributed by atoms with E-state index in [4.69, 9.17) is 0 Å². The maximum absolute atomic E-state index is 12.1. The van der Waals surface area contributed by atoms with Crippen LogP contribution in [0.25, 0.3) is 0 Å². The molecule has 0 saturated carbocycles. The van der Waals surface area contributed by atoms with E-state index < -0.39 is 0 Å². The first-order chi connectivity index (χ1) is 8.65. The predicted molar refractivity (Wildman–Crippen MR) is 74.7 cm³/mol. The Balaban J connectivity index is 1.88. The smallest absolute Gasteiger partial charge is 0.230 e. The van der Waals surface area contributed by atoms with Crippen molar-refractivity contribution in [3.63, 3.8) is 0 Å². The maximum Gasteiger partial charge on any atom is 0.230 e. The van der Waals surface area contributed by atoms with Gasteiger partial charge < -0.3 is 5.32 Å². The van der Waals surface area contributed by atoms with E-state index in [1.807, 2.05) is 12.3 Å². The minimum atomic E-state index is 0.0713. The number of nitrogens with one attached hydrogen (secondary N) is 1. The molecule has 18 heavy (non-hydrogen) atoms. The third kappa shape index (κ3) is 3.65. The third-order valence-corrected chi connectivity index (χ3v) is 3.72. The zero-order chi connectivity index (χ0) is 13.0. The summed E-state index contributed by atoms with van der Waals surface area (Å²) < 4.78 is 0. The Morgan fingerprint density at radius 2 is 2.56 bits per heavy atom. The SMILES string of the molecule is C=C(C)CN1CCC[C@H](C(=O)Nc2nccs2)C1. The van der Waals surface area contributed by atoms with Crippen LogP contribution in [0, 0.1) is 5.92 Å². The van der Waals surface area contributed by atoms with Crippen molar-refractivity contribution >= 4 is 22.4 Å². The van der Waals surface area contributed by atoms with E-state index in [0.717, 1.165) is 38.0 Å². The molecular formula is C13H19N3OS. The normalized spacial score (nSPS) is 20.6. The summed E-state index contributed by atoms with van der Waals surface area (Å²) in [5.74, 6) is 0.165. The van der Waals surface area contributed by atoms with Crippen LogP contribution in [0.15, 0.2) is 23.7 Å². The number of aromatic nitrogens is 1. The highest BCUT2D eigenvalue weighted by atomic mass is 32.1. The molecule has 2 rings (SSSR count). The number of piperidine rings is 1. The number of carbonyl (C=O) groups is 1. The number of hydrogen-bond donors (Lipinski definition) is 1. The number of likely N-dealkylation sites (tertiary alicyclic amines) is 1. The van der Waals surface area contributed by atoms with Gasteiger partial charge in [0.1, 0.15) is 0 Å². The molecule has 1 N–H and O–H groups in total. The summed E-state index contributed by atoms with van der Waals surface area (Å²) >= 11 is 1.46. The molecule has 0 bridgehead atoms. The lowest BCUT2D eigenvalue weighted by molar-refractivity contribution is -0.121. The second-order valence-corrected chi connectivity index (χ2v) is 5.75. The molecule has 0 aromatic carbocycles. The van der Waals surface area contributed by atoms with Crippen LogP contribution in [0.3, 0.4) is 0 Å². The molecule has 2 heterocycles. The summed E-state index contributed by atoms with van der Waals surface area (Å²) in [4.78, 5) is 18.5. The van der Waals surface area contributed by atoms with Gasteiger partial charge in [-0.1, -0.05) is 12.2 Å². The van der Waals surface area contributed by atoms with Crippen molar-refractivity contribution in [2.24, 2.45) is 5.92 Å². The molecular weight excluding hydrogens is 246 g/mol. The van der Waals surface area contributed by atoms with Crippen LogP contribution in [0.4, 0.5) is 5.13 Å². The third-order valence-electron chi connectivity index (χ3n) is 3.03. The summed E-state index contributed by atoms with van der Waals surface area (Å²) in [6, 6.07) is 0. The molecule has 1 aliphatic rings. The largest absolute Gasteiger partial charge is 0.302 e. The van der Waals surface area contributed by atoms with E-state index in [9.17, 15) is 4.79 Å². The van der Waals surface area contributed by atoms with Crippen LogP contribution >= 0.6 is 11.3 Å². The van der Waals surface area contributed by atoms with E-state index >= 15 is 0 Å². The van der Waals surface area contributed by atoms with Crippen LogP contribution in [0.2, 0.25) is 0 Å². The van der Waals surface area contributed by atoms with Gasteiger partial charge in [0.2, 0.25) is 5.91 Å². The number of anilines is 1. The highest BCUT2D eigenvalue weighted by Crippen LogP contribution is 2.20. The van der Waals surface area contributed by atoms with Gasteiger partial charge in [0, 0.05) is 24.7 Å². The van der Waals surface area contributed by atoms with E-state index in [0.29, 0.717) is 5.13 Å². The molecule has 1 atom stereocenters. The highest BCUT2D eigenvalue weighted by molar-refractivity contribution is 7.13. The van der Waals surface area contributed by atoms with Gasteiger partial charge in [0.15, 0.2) is 5.13 Å².